The van der Waals surface area contributed by atoms with Gasteiger partial charge in [-0.1, -0.05) is 0 Å². The minimum absolute atomic E-state index is 0.00630. The van der Waals surface area contributed by atoms with E-state index in [1.165, 1.54) is 11.0 Å². The first-order valence-corrected chi connectivity index (χ1v) is 11.8. The third-order valence-corrected chi connectivity index (χ3v) is 7.82. The molecule has 4 atom stereocenters. The van der Waals surface area contributed by atoms with Crippen molar-refractivity contribution in [3.8, 4) is 11.4 Å². The first kappa shape index (κ1) is 24.7. The minimum Gasteiger partial charge on any atom is -0.508 e. The fraction of sp³-hybridized carbons (Fsp3) is 0.333. The number of ketones is 3. The van der Waals surface area contributed by atoms with Gasteiger partial charge in [-0.25, -0.2) is 0 Å². The van der Waals surface area contributed by atoms with Gasteiger partial charge in [0.15, 0.2) is 23.5 Å². The largest absolute Gasteiger partial charge is 0.508 e. The van der Waals surface area contributed by atoms with Crippen LogP contribution in [0.2, 0.25) is 0 Å². The van der Waals surface area contributed by atoms with E-state index in [9.17, 15) is 39.6 Å². The van der Waals surface area contributed by atoms with Gasteiger partial charge < -0.3 is 25.0 Å². The second-order valence-corrected chi connectivity index (χ2v) is 10.1. The van der Waals surface area contributed by atoms with Crippen LogP contribution in [0.5, 0.6) is 5.75 Å². The van der Waals surface area contributed by atoms with Gasteiger partial charge >= 0.3 is 0 Å². The van der Waals surface area contributed by atoms with E-state index in [4.69, 9.17) is 0 Å². The summed E-state index contributed by atoms with van der Waals surface area (Å²) in [4.78, 5) is 52.1. The number of hydrogen-bond donors (Lipinski definition) is 4. The lowest BCUT2D eigenvalue weighted by molar-refractivity contribution is -0.153. The molecule has 0 radical (unpaired) electrons. The lowest BCUT2D eigenvalue weighted by Gasteiger charge is -2.50. The number of rotatable bonds is 4. The zero-order valence-electron chi connectivity index (χ0n) is 20.4. The Morgan fingerprint density at radius 1 is 1.16 bits per heavy atom. The standard InChI is InChI=1S/C27H26N2O8/c1-12(31)19-24(34)22(28(2)3)16-9-14-8-15-17(29-7-6-13(10-29)11-30)4-5-18(32)21(15)23(33)20(14)26(36)27(16,37)25(19)35/h4-7,10-11,14,16,22,32-33,35,37H,8-9H2,1-3H3/t14?,16?,22-,27+/m0/s1. The van der Waals surface area contributed by atoms with Gasteiger partial charge in [0.1, 0.15) is 22.8 Å². The summed E-state index contributed by atoms with van der Waals surface area (Å²) in [5.74, 6) is -6.07. The van der Waals surface area contributed by atoms with Crippen molar-refractivity contribution in [2.75, 3.05) is 14.1 Å². The van der Waals surface area contributed by atoms with Gasteiger partial charge in [0.05, 0.1) is 11.6 Å². The van der Waals surface area contributed by atoms with Gasteiger partial charge in [-0.2, -0.15) is 0 Å². The summed E-state index contributed by atoms with van der Waals surface area (Å²) in [5.41, 5.74) is -1.89. The van der Waals surface area contributed by atoms with Gasteiger partial charge in [0, 0.05) is 35.1 Å². The molecule has 192 valence electrons. The number of aliphatic hydroxyl groups excluding tert-OH is 2. The number of phenolic OH excluding ortho intramolecular Hbond substituents is 1. The molecule has 37 heavy (non-hydrogen) atoms. The molecule has 4 N–H and O–H groups in total. The Morgan fingerprint density at radius 3 is 2.46 bits per heavy atom. The lowest BCUT2D eigenvalue weighted by atomic mass is 9.57. The number of carbonyl (C=O) groups is 4. The second-order valence-electron chi connectivity index (χ2n) is 10.1. The third kappa shape index (κ3) is 3.25. The van der Waals surface area contributed by atoms with Crippen molar-refractivity contribution in [1.29, 1.82) is 0 Å². The summed E-state index contributed by atoms with van der Waals surface area (Å²) < 4.78 is 1.67. The van der Waals surface area contributed by atoms with Crippen molar-refractivity contribution in [3.63, 3.8) is 0 Å². The van der Waals surface area contributed by atoms with Gasteiger partial charge in [-0.05, 0) is 63.5 Å². The predicted molar refractivity (Wildman–Crippen MR) is 130 cm³/mol. The first-order valence-electron chi connectivity index (χ1n) is 11.8. The molecule has 2 unspecified atom stereocenters. The van der Waals surface area contributed by atoms with E-state index >= 15 is 0 Å². The Hall–Kier alpha value is -4.02. The van der Waals surface area contributed by atoms with Crippen molar-refractivity contribution >= 4 is 29.4 Å². The van der Waals surface area contributed by atoms with Crippen LogP contribution in [0.25, 0.3) is 11.4 Å². The summed E-state index contributed by atoms with van der Waals surface area (Å²) in [6.45, 7) is 1.07. The van der Waals surface area contributed by atoms with Gasteiger partial charge in [0.25, 0.3) is 0 Å². The van der Waals surface area contributed by atoms with Crippen molar-refractivity contribution in [2.24, 2.45) is 11.8 Å². The van der Waals surface area contributed by atoms with E-state index in [0.29, 0.717) is 23.1 Å². The molecule has 2 aromatic rings. The molecule has 3 aliphatic carbocycles. The Labute approximate surface area is 211 Å². The fourth-order valence-corrected chi connectivity index (χ4v) is 6.20. The van der Waals surface area contributed by atoms with E-state index in [2.05, 4.69) is 0 Å². The van der Waals surface area contributed by atoms with Gasteiger partial charge in [0.2, 0.25) is 5.78 Å². The number of benzene rings is 1. The van der Waals surface area contributed by atoms with Crippen LogP contribution in [-0.2, 0) is 20.8 Å². The smallest absolute Gasteiger partial charge is 0.202 e. The Morgan fingerprint density at radius 2 is 1.86 bits per heavy atom. The molecule has 0 saturated heterocycles. The van der Waals surface area contributed by atoms with Gasteiger partial charge in [-0.3, -0.25) is 24.1 Å². The third-order valence-electron chi connectivity index (χ3n) is 7.82. The minimum atomic E-state index is -2.60. The average molecular weight is 507 g/mol. The van der Waals surface area contributed by atoms with E-state index in [1.807, 2.05) is 0 Å². The maximum Gasteiger partial charge on any atom is 0.202 e. The summed E-state index contributed by atoms with van der Waals surface area (Å²) in [6.07, 6.45) is 4.14. The van der Waals surface area contributed by atoms with Crippen LogP contribution in [0.4, 0.5) is 0 Å². The first-order chi connectivity index (χ1) is 17.4. The van der Waals surface area contributed by atoms with E-state index < -0.39 is 57.9 Å². The average Bonchev–Trinajstić information content (AvgIpc) is 3.30. The quantitative estimate of drug-likeness (QED) is 0.358. The number of nitrogens with zero attached hydrogens (tertiary/aromatic N) is 2. The van der Waals surface area contributed by atoms with Crippen molar-refractivity contribution in [3.05, 3.63) is 64.2 Å². The number of aromatic nitrogens is 1. The normalized spacial score (nSPS) is 27.2. The fourth-order valence-electron chi connectivity index (χ4n) is 6.20. The number of aliphatic hydroxyl groups is 3. The topological polar surface area (TPSA) is 157 Å². The van der Waals surface area contributed by atoms with Crippen LogP contribution in [0, 0.1) is 11.8 Å². The summed E-state index contributed by atoms with van der Waals surface area (Å²) in [5, 5.41) is 44.6. The van der Waals surface area contributed by atoms with Crippen LogP contribution in [0.1, 0.15) is 34.8 Å². The highest BCUT2D eigenvalue weighted by molar-refractivity contribution is 6.25. The SMILES string of the molecule is CC(=O)C1=C(O)[C@@]2(O)C(=O)C3=C(O)c4c(O)ccc(-n5ccc(C=O)c5)c4CC3CC2[C@H](N(C)C)C1=O. The number of aromatic hydroxyl groups is 1. The Balaban J connectivity index is 1.74. The lowest BCUT2D eigenvalue weighted by Crippen LogP contribution is -2.65. The van der Waals surface area contributed by atoms with Crippen LogP contribution in [0.15, 0.2) is 47.5 Å². The molecular weight excluding hydrogens is 480 g/mol. The summed E-state index contributed by atoms with van der Waals surface area (Å²) >= 11 is 0. The number of hydrogen-bond acceptors (Lipinski definition) is 9. The Bertz CT molecular complexity index is 1460. The maximum absolute atomic E-state index is 13.9. The highest BCUT2D eigenvalue weighted by Crippen LogP contribution is 2.53. The molecule has 0 amide bonds. The molecule has 10 heteroatoms. The van der Waals surface area contributed by atoms with E-state index in [-0.39, 0.29) is 29.7 Å². The maximum atomic E-state index is 13.9. The molecule has 1 aromatic heterocycles. The van der Waals surface area contributed by atoms with Crippen molar-refractivity contribution in [1.82, 2.24) is 9.47 Å². The molecule has 1 fully saturated rings. The number of carbonyl (C=O) groups excluding carboxylic acids is 4. The number of fused-ring (bicyclic) bond motifs is 3. The molecule has 1 aromatic carbocycles. The van der Waals surface area contributed by atoms with Crippen molar-refractivity contribution < 1.29 is 39.6 Å². The molecular formula is C27H26N2O8. The van der Waals surface area contributed by atoms with E-state index in [0.717, 1.165) is 6.92 Å². The van der Waals surface area contributed by atoms with E-state index in [1.54, 1.807) is 43.2 Å². The summed E-state index contributed by atoms with van der Waals surface area (Å²) in [6, 6.07) is 3.51. The van der Waals surface area contributed by atoms with Crippen LogP contribution >= 0.6 is 0 Å². The van der Waals surface area contributed by atoms with Crippen LogP contribution in [0.3, 0.4) is 0 Å². The Kier molecular flexibility index (Phi) is 5.50. The second kappa shape index (κ2) is 8.25. The number of likely N-dealkylation sites (N-methyl/N-ethyl adjacent to an activating group) is 1. The number of Topliss-reactive ketones (excluding diaryl/α,β-unsaturated/α-hetero) is 3. The molecule has 1 heterocycles. The molecule has 3 aliphatic rings. The number of phenols is 1. The van der Waals surface area contributed by atoms with Crippen LogP contribution < -0.4 is 0 Å². The monoisotopic (exact) mass is 506 g/mol. The molecule has 5 rings (SSSR count). The molecule has 0 spiro atoms. The number of aldehydes is 1. The van der Waals surface area contributed by atoms with Crippen LogP contribution in [-0.4, -0.2) is 79.3 Å². The molecule has 1 saturated carbocycles. The zero-order valence-corrected chi connectivity index (χ0v) is 20.4. The summed E-state index contributed by atoms with van der Waals surface area (Å²) in [7, 11) is 3.17. The molecule has 0 bridgehead atoms. The zero-order chi connectivity index (χ0) is 27.0. The molecule has 0 aliphatic heterocycles. The van der Waals surface area contributed by atoms with Crippen molar-refractivity contribution in [2.45, 2.75) is 31.4 Å². The predicted octanol–water partition coefficient (Wildman–Crippen LogP) is 1.67. The molecule has 10 nitrogen and oxygen atoms in total. The highest BCUT2D eigenvalue weighted by Gasteiger charge is 2.64. The van der Waals surface area contributed by atoms with Gasteiger partial charge in [-0.15, -0.1) is 0 Å². The highest BCUT2D eigenvalue weighted by atomic mass is 16.3.